The van der Waals surface area contributed by atoms with Crippen molar-refractivity contribution in [1.29, 1.82) is 0 Å². The van der Waals surface area contributed by atoms with Crippen LogP contribution in [0.25, 0.3) is 10.8 Å². The number of benzene rings is 2. The van der Waals surface area contributed by atoms with E-state index in [-0.39, 0.29) is 23.7 Å². The Hall–Kier alpha value is -3.48. The second kappa shape index (κ2) is 8.04. The third-order valence-electron chi connectivity index (χ3n) is 4.31. The normalized spacial score (nSPS) is 11.8. The molecule has 0 N–H and O–H groups in total. The predicted molar refractivity (Wildman–Crippen MR) is 105 cm³/mol. The number of carbonyl (C=O) groups excluding carboxylic acids is 2. The topological polar surface area (TPSA) is 81.5 Å². The van der Waals surface area contributed by atoms with Crippen LogP contribution in [-0.4, -0.2) is 46.8 Å². The molecule has 1 aromatic heterocycles. The smallest absolute Gasteiger partial charge is 0.360 e. The Morgan fingerprint density at radius 2 is 1.64 bits per heavy atom. The van der Waals surface area contributed by atoms with Crippen molar-refractivity contribution in [3.8, 4) is 0 Å². The number of hydrogen-bond acceptors (Lipinski definition) is 5. The first-order valence-corrected chi connectivity index (χ1v) is 8.84. The van der Waals surface area contributed by atoms with E-state index < -0.39 is 12.1 Å². The number of ether oxygens (including phenoxy) is 1. The first-order valence-electron chi connectivity index (χ1n) is 8.84. The molecule has 0 radical (unpaired) electrons. The second-order valence-electron chi connectivity index (χ2n) is 6.62. The molecule has 0 bridgehead atoms. The summed E-state index contributed by atoms with van der Waals surface area (Å²) in [4.78, 5) is 38.9. The fourth-order valence-corrected chi connectivity index (χ4v) is 2.88. The van der Waals surface area contributed by atoms with Crippen LogP contribution in [0.1, 0.15) is 23.0 Å². The lowest BCUT2D eigenvalue weighted by molar-refractivity contribution is -0.137. The first kappa shape index (κ1) is 19.3. The largest absolute Gasteiger partial charge is 0.448 e. The summed E-state index contributed by atoms with van der Waals surface area (Å²) in [5.74, 6) is -1.09. The number of rotatable bonds is 5. The molecular formula is C21H21N3O4. The fraction of sp³-hybridized carbons (Fsp3) is 0.238. The van der Waals surface area contributed by atoms with Gasteiger partial charge < -0.3 is 9.64 Å². The SMILES string of the molecule is C[C@@H](OC(=O)c1nn(Cc2ccccc2)c(=O)c2ccccc12)C(=O)N(C)C. The summed E-state index contributed by atoms with van der Waals surface area (Å²) in [6.45, 7) is 1.72. The Morgan fingerprint density at radius 1 is 1.04 bits per heavy atom. The van der Waals surface area contributed by atoms with Crippen molar-refractivity contribution in [1.82, 2.24) is 14.7 Å². The van der Waals surface area contributed by atoms with Crippen LogP contribution in [0, 0.1) is 0 Å². The Morgan fingerprint density at radius 3 is 2.29 bits per heavy atom. The van der Waals surface area contributed by atoms with Gasteiger partial charge in [-0.2, -0.15) is 5.10 Å². The summed E-state index contributed by atoms with van der Waals surface area (Å²) in [6.07, 6.45) is -0.961. The van der Waals surface area contributed by atoms with Gasteiger partial charge in [-0.05, 0) is 18.6 Å². The van der Waals surface area contributed by atoms with E-state index in [4.69, 9.17) is 4.74 Å². The highest BCUT2D eigenvalue weighted by Gasteiger charge is 2.24. The molecule has 1 amide bonds. The molecule has 3 aromatic rings. The molecule has 0 aliphatic rings. The Kier molecular flexibility index (Phi) is 5.54. The zero-order valence-electron chi connectivity index (χ0n) is 16.0. The molecule has 0 saturated carbocycles. The van der Waals surface area contributed by atoms with E-state index in [9.17, 15) is 14.4 Å². The molecule has 0 unspecified atom stereocenters. The summed E-state index contributed by atoms with van der Waals surface area (Å²) < 4.78 is 6.55. The number of hydrogen-bond donors (Lipinski definition) is 0. The third kappa shape index (κ3) is 3.93. The van der Waals surface area contributed by atoms with Gasteiger partial charge in [-0.15, -0.1) is 0 Å². The third-order valence-corrected chi connectivity index (χ3v) is 4.31. The van der Waals surface area contributed by atoms with Gasteiger partial charge in [-0.1, -0.05) is 48.5 Å². The number of amides is 1. The molecule has 1 heterocycles. The van der Waals surface area contributed by atoms with E-state index >= 15 is 0 Å². The maximum absolute atomic E-state index is 12.8. The van der Waals surface area contributed by atoms with E-state index in [1.807, 2.05) is 30.3 Å². The number of esters is 1. The number of carbonyl (C=O) groups is 2. The maximum atomic E-state index is 12.8. The van der Waals surface area contributed by atoms with Gasteiger partial charge in [0, 0.05) is 19.5 Å². The van der Waals surface area contributed by atoms with Crippen LogP contribution in [0.3, 0.4) is 0 Å². The average molecular weight is 379 g/mol. The van der Waals surface area contributed by atoms with Crippen LogP contribution in [0.2, 0.25) is 0 Å². The van der Waals surface area contributed by atoms with Crippen LogP contribution in [-0.2, 0) is 16.1 Å². The van der Waals surface area contributed by atoms with Crippen LogP contribution in [0.15, 0.2) is 59.4 Å². The monoisotopic (exact) mass is 379 g/mol. The first-order chi connectivity index (χ1) is 13.4. The highest BCUT2D eigenvalue weighted by atomic mass is 16.5. The molecular weight excluding hydrogens is 358 g/mol. The number of fused-ring (bicyclic) bond motifs is 1. The van der Waals surface area contributed by atoms with Crippen molar-refractivity contribution >= 4 is 22.6 Å². The van der Waals surface area contributed by atoms with Crippen molar-refractivity contribution in [3.05, 3.63) is 76.2 Å². The van der Waals surface area contributed by atoms with E-state index in [2.05, 4.69) is 5.10 Å². The molecule has 28 heavy (non-hydrogen) atoms. The summed E-state index contributed by atoms with van der Waals surface area (Å²) in [6, 6.07) is 16.1. The highest BCUT2D eigenvalue weighted by Crippen LogP contribution is 2.16. The van der Waals surface area contributed by atoms with E-state index in [1.54, 1.807) is 38.4 Å². The summed E-state index contributed by atoms with van der Waals surface area (Å²) >= 11 is 0. The molecule has 0 aliphatic heterocycles. The molecule has 0 fully saturated rings. The summed E-state index contributed by atoms with van der Waals surface area (Å²) in [7, 11) is 3.17. The lowest BCUT2D eigenvalue weighted by Gasteiger charge is -2.17. The zero-order chi connectivity index (χ0) is 20.3. The highest BCUT2D eigenvalue weighted by molar-refractivity contribution is 6.02. The fourth-order valence-electron chi connectivity index (χ4n) is 2.88. The van der Waals surface area contributed by atoms with Gasteiger partial charge in [0.2, 0.25) is 0 Å². The van der Waals surface area contributed by atoms with Crippen LogP contribution < -0.4 is 5.56 Å². The molecule has 0 saturated heterocycles. The Bertz CT molecular complexity index is 1070. The second-order valence-corrected chi connectivity index (χ2v) is 6.62. The van der Waals surface area contributed by atoms with E-state index in [0.29, 0.717) is 10.8 Å². The van der Waals surface area contributed by atoms with Gasteiger partial charge >= 0.3 is 5.97 Å². The average Bonchev–Trinajstić information content (AvgIpc) is 2.70. The van der Waals surface area contributed by atoms with Gasteiger partial charge in [0.25, 0.3) is 11.5 Å². The van der Waals surface area contributed by atoms with Crippen LogP contribution in [0.5, 0.6) is 0 Å². The molecule has 7 nitrogen and oxygen atoms in total. The quantitative estimate of drug-likeness (QED) is 0.634. The molecule has 3 rings (SSSR count). The minimum atomic E-state index is -0.961. The van der Waals surface area contributed by atoms with E-state index in [0.717, 1.165) is 5.56 Å². The van der Waals surface area contributed by atoms with Gasteiger partial charge in [-0.25, -0.2) is 9.48 Å². The van der Waals surface area contributed by atoms with Gasteiger partial charge in [0.1, 0.15) is 0 Å². The Balaban J connectivity index is 2.03. The molecule has 0 aliphatic carbocycles. The summed E-state index contributed by atoms with van der Waals surface area (Å²) in [5.41, 5.74) is 0.584. The van der Waals surface area contributed by atoms with Crippen molar-refractivity contribution in [3.63, 3.8) is 0 Å². The minimum Gasteiger partial charge on any atom is -0.448 e. The van der Waals surface area contributed by atoms with Crippen molar-refractivity contribution in [2.24, 2.45) is 0 Å². The predicted octanol–water partition coefficient (Wildman–Crippen LogP) is 2.08. The van der Waals surface area contributed by atoms with Gasteiger partial charge in [0.05, 0.1) is 11.9 Å². The Labute approximate surface area is 162 Å². The molecule has 1 atom stereocenters. The minimum absolute atomic E-state index is 0.00420. The molecule has 7 heteroatoms. The van der Waals surface area contributed by atoms with Crippen molar-refractivity contribution in [2.75, 3.05) is 14.1 Å². The van der Waals surface area contributed by atoms with Crippen LogP contribution in [0.4, 0.5) is 0 Å². The van der Waals surface area contributed by atoms with Crippen molar-refractivity contribution in [2.45, 2.75) is 19.6 Å². The lowest BCUT2D eigenvalue weighted by Crippen LogP contribution is -2.35. The zero-order valence-corrected chi connectivity index (χ0v) is 16.0. The number of aromatic nitrogens is 2. The maximum Gasteiger partial charge on any atom is 0.360 e. The lowest BCUT2D eigenvalue weighted by atomic mass is 10.1. The van der Waals surface area contributed by atoms with Crippen LogP contribution >= 0.6 is 0 Å². The number of likely N-dealkylation sites (N-methyl/N-ethyl adjacent to an activating group) is 1. The van der Waals surface area contributed by atoms with E-state index in [1.165, 1.54) is 16.5 Å². The van der Waals surface area contributed by atoms with Gasteiger partial charge in [-0.3, -0.25) is 9.59 Å². The van der Waals surface area contributed by atoms with Crippen molar-refractivity contribution < 1.29 is 14.3 Å². The molecule has 2 aromatic carbocycles. The molecule has 0 spiro atoms. The standard InChI is InChI=1S/C21H21N3O4/c1-14(19(25)23(2)3)28-21(27)18-16-11-7-8-12-17(16)20(26)24(22-18)13-15-9-5-4-6-10-15/h4-12,14H,13H2,1-3H3/t14-/m1/s1. The number of nitrogens with zero attached hydrogens (tertiary/aromatic N) is 3. The van der Waals surface area contributed by atoms with Gasteiger partial charge in [0.15, 0.2) is 11.8 Å². The molecule has 144 valence electrons. The summed E-state index contributed by atoms with van der Waals surface area (Å²) in [5, 5.41) is 5.02.